The molecule has 2 aromatic carbocycles. The third-order valence-corrected chi connectivity index (χ3v) is 4.31. The van der Waals surface area contributed by atoms with Crippen LogP contribution in [-0.2, 0) is 11.2 Å². The first-order chi connectivity index (χ1) is 14.1. The van der Waals surface area contributed by atoms with Crippen molar-refractivity contribution in [3.8, 4) is 17.2 Å². The number of aryl methyl sites for hydroxylation is 1. The van der Waals surface area contributed by atoms with E-state index in [1.807, 2.05) is 30.3 Å². The SMILES string of the molecule is COc1cccc(-c2nc(CC(=O)NCCNC(=O)c3ccccc3)c(C)o2)c1. The molecule has 0 fully saturated rings. The van der Waals surface area contributed by atoms with E-state index in [1.54, 1.807) is 38.3 Å². The zero-order chi connectivity index (χ0) is 20.6. The number of carbonyl (C=O) groups excluding carboxylic acids is 2. The summed E-state index contributed by atoms with van der Waals surface area (Å²) in [5, 5.41) is 5.54. The molecule has 0 radical (unpaired) electrons. The van der Waals surface area contributed by atoms with E-state index >= 15 is 0 Å². The Balaban J connectivity index is 1.49. The monoisotopic (exact) mass is 393 g/mol. The maximum atomic E-state index is 12.2. The summed E-state index contributed by atoms with van der Waals surface area (Å²) in [7, 11) is 1.60. The molecule has 7 heteroatoms. The molecule has 1 aromatic heterocycles. The zero-order valence-corrected chi connectivity index (χ0v) is 16.4. The summed E-state index contributed by atoms with van der Waals surface area (Å²) in [6, 6.07) is 16.3. The molecular weight excluding hydrogens is 370 g/mol. The van der Waals surface area contributed by atoms with Crippen LogP contribution in [0.25, 0.3) is 11.5 Å². The van der Waals surface area contributed by atoms with Gasteiger partial charge in [-0.15, -0.1) is 0 Å². The van der Waals surface area contributed by atoms with Gasteiger partial charge in [0.2, 0.25) is 11.8 Å². The standard InChI is InChI=1S/C22H23N3O4/c1-15-19(25-22(29-15)17-9-6-10-18(13-17)28-2)14-20(26)23-11-12-24-21(27)16-7-4-3-5-8-16/h3-10,13H,11-12,14H2,1-2H3,(H,23,26)(H,24,27). The normalized spacial score (nSPS) is 10.4. The van der Waals surface area contributed by atoms with Crippen molar-refractivity contribution in [3.63, 3.8) is 0 Å². The average molecular weight is 393 g/mol. The highest BCUT2D eigenvalue weighted by Gasteiger charge is 2.15. The number of aromatic nitrogens is 1. The van der Waals surface area contributed by atoms with E-state index in [0.717, 1.165) is 5.56 Å². The van der Waals surface area contributed by atoms with E-state index in [0.29, 0.717) is 41.7 Å². The molecule has 0 atom stereocenters. The number of ether oxygens (including phenoxy) is 1. The Morgan fingerprint density at radius 3 is 2.55 bits per heavy atom. The first-order valence-electron chi connectivity index (χ1n) is 9.27. The van der Waals surface area contributed by atoms with Gasteiger partial charge in [-0.3, -0.25) is 9.59 Å². The fourth-order valence-electron chi connectivity index (χ4n) is 2.76. The van der Waals surface area contributed by atoms with Gasteiger partial charge < -0.3 is 19.8 Å². The van der Waals surface area contributed by atoms with Gasteiger partial charge in [-0.2, -0.15) is 0 Å². The van der Waals surface area contributed by atoms with Crippen molar-refractivity contribution in [2.45, 2.75) is 13.3 Å². The molecule has 0 saturated heterocycles. The molecule has 0 aliphatic heterocycles. The van der Waals surface area contributed by atoms with Crippen molar-refractivity contribution in [2.24, 2.45) is 0 Å². The van der Waals surface area contributed by atoms with Crippen LogP contribution in [0.3, 0.4) is 0 Å². The van der Waals surface area contributed by atoms with Crippen molar-refractivity contribution in [1.82, 2.24) is 15.6 Å². The van der Waals surface area contributed by atoms with E-state index in [1.165, 1.54) is 0 Å². The number of methoxy groups -OCH3 is 1. The molecule has 0 spiro atoms. The lowest BCUT2D eigenvalue weighted by atomic mass is 10.2. The predicted molar refractivity (Wildman–Crippen MR) is 109 cm³/mol. The summed E-state index contributed by atoms with van der Waals surface area (Å²) in [6.45, 7) is 2.45. The minimum atomic E-state index is -0.187. The van der Waals surface area contributed by atoms with Crippen molar-refractivity contribution in [3.05, 3.63) is 71.6 Å². The molecule has 2 N–H and O–H groups in total. The Morgan fingerprint density at radius 2 is 1.79 bits per heavy atom. The van der Waals surface area contributed by atoms with Gasteiger partial charge in [0.05, 0.1) is 19.2 Å². The van der Waals surface area contributed by atoms with E-state index in [4.69, 9.17) is 9.15 Å². The highest BCUT2D eigenvalue weighted by Crippen LogP contribution is 2.25. The lowest BCUT2D eigenvalue weighted by Crippen LogP contribution is -2.35. The Morgan fingerprint density at radius 1 is 1.03 bits per heavy atom. The second kappa shape index (κ2) is 9.54. The Labute approximate surface area is 169 Å². The Hall–Kier alpha value is -3.61. The maximum Gasteiger partial charge on any atom is 0.251 e. The predicted octanol–water partition coefficient (Wildman–Crippen LogP) is 2.75. The van der Waals surface area contributed by atoms with Crippen LogP contribution < -0.4 is 15.4 Å². The summed E-state index contributed by atoms with van der Waals surface area (Å²) in [6.07, 6.45) is 0.103. The van der Waals surface area contributed by atoms with Gasteiger partial charge in [-0.1, -0.05) is 24.3 Å². The third-order valence-electron chi connectivity index (χ3n) is 4.31. The highest BCUT2D eigenvalue weighted by atomic mass is 16.5. The third kappa shape index (κ3) is 5.44. The Kier molecular flexibility index (Phi) is 6.63. The van der Waals surface area contributed by atoms with Crippen molar-refractivity contribution in [2.75, 3.05) is 20.2 Å². The van der Waals surface area contributed by atoms with Crippen LogP contribution in [0.4, 0.5) is 0 Å². The van der Waals surface area contributed by atoms with Crippen LogP contribution in [0.1, 0.15) is 21.8 Å². The molecule has 3 aromatic rings. The lowest BCUT2D eigenvalue weighted by Gasteiger charge is -2.06. The molecule has 3 rings (SSSR count). The minimum Gasteiger partial charge on any atom is -0.497 e. The topological polar surface area (TPSA) is 93.5 Å². The number of carbonyl (C=O) groups is 2. The smallest absolute Gasteiger partial charge is 0.251 e. The zero-order valence-electron chi connectivity index (χ0n) is 16.4. The lowest BCUT2D eigenvalue weighted by molar-refractivity contribution is -0.120. The summed E-state index contributed by atoms with van der Waals surface area (Å²) in [5.41, 5.74) is 1.94. The molecule has 0 bridgehead atoms. The number of nitrogens with one attached hydrogen (secondary N) is 2. The minimum absolute atomic E-state index is 0.103. The fraction of sp³-hybridized carbons (Fsp3) is 0.227. The van der Waals surface area contributed by atoms with Crippen LogP contribution in [-0.4, -0.2) is 37.0 Å². The van der Waals surface area contributed by atoms with Gasteiger partial charge in [0.15, 0.2) is 0 Å². The fourth-order valence-corrected chi connectivity index (χ4v) is 2.76. The highest BCUT2D eigenvalue weighted by molar-refractivity contribution is 5.94. The first kappa shape index (κ1) is 20.1. The first-order valence-corrected chi connectivity index (χ1v) is 9.27. The van der Waals surface area contributed by atoms with Gasteiger partial charge in [0, 0.05) is 24.2 Å². The van der Waals surface area contributed by atoms with Gasteiger partial charge in [0.1, 0.15) is 11.5 Å². The molecule has 29 heavy (non-hydrogen) atoms. The number of hydrogen-bond acceptors (Lipinski definition) is 5. The van der Waals surface area contributed by atoms with Gasteiger partial charge in [-0.25, -0.2) is 4.98 Å². The van der Waals surface area contributed by atoms with Crippen LogP contribution in [0.15, 0.2) is 59.0 Å². The molecule has 0 saturated carbocycles. The summed E-state index contributed by atoms with van der Waals surface area (Å²) in [4.78, 5) is 28.6. The van der Waals surface area contributed by atoms with Crippen LogP contribution in [0, 0.1) is 6.92 Å². The van der Waals surface area contributed by atoms with Crippen LogP contribution >= 0.6 is 0 Å². The number of benzene rings is 2. The van der Waals surface area contributed by atoms with Gasteiger partial charge >= 0.3 is 0 Å². The maximum absolute atomic E-state index is 12.2. The van der Waals surface area contributed by atoms with Crippen molar-refractivity contribution in [1.29, 1.82) is 0 Å². The largest absolute Gasteiger partial charge is 0.497 e. The Bertz CT molecular complexity index is 983. The molecule has 0 unspecified atom stereocenters. The number of amides is 2. The summed E-state index contributed by atoms with van der Waals surface area (Å²) in [5.74, 6) is 1.38. The molecule has 2 amide bonds. The number of rotatable bonds is 8. The van der Waals surface area contributed by atoms with E-state index < -0.39 is 0 Å². The molecule has 0 aliphatic rings. The summed E-state index contributed by atoms with van der Waals surface area (Å²) < 4.78 is 10.9. The van der Waals surface area contributed by atoms with Gasteiger partial charge in [-0.05, 0) is 37.3 Å². The number of hydrogen-bond donors (Lipinski definition) is 2. The number of nitrogens with zero attached hydrogens (tertiary/aromatic N) is 1. The summed E-state index contributed by atoms with van der Waals surface area (Å²) >= 11 is 0. The van der Waals surface area contributed by atoms with E-state index in [-0.39, 0.29) is 18.2 Å². The molecule has 1 heterocycles. The van der Waals surface area contributed by atoms with E-state index in [9.17, 15) is 9.59 Å². The van der Waals surface area contributed by atoms with Crippen LogP contribution in [0.5, 0.6) is 5.75 Å². The number of oxazole rings is 1. The second-order valence-electron chi connectivity index (χ2n) is 6.40. The quantitative estimate of drug-likeness (QED) is 0.574. The average Bonchev–Trinajstić information content (AvgIpc) is 3.12. The molecular formula is C22H23N3O4. The van der Waals surface area contributed by atoms with E-state index in [2.05, 4.69) is 15.6 Å². The molecule has 7 nitrogen and oxygen atoms in total. The molecule has 150 valence electrons. The van der Waals surface area contributed by atoms with Crippen molar-refractivity contribution < 1.29 is 18.7 Å². The molecule has 0 aliphatic carbocycles. The second-order valence-corrected chi connectivity index (χ2v) is 6.40. The van der Waals surface area contributed by atoms with Gasteiger partial charge in [0.25, 0.3) is 5.91 Å². The van der Waals surface area contributed by atoms with Crippen molar-refractivity contribution >= 4 is 11.8 Å². The van der Waals surface area contributed by atoms with Crippen LogP contribution in [0.2, 0.25) is 0 Å².